The van der Waals surface area contributed by atoms with Crippen molar-refractivity contribution in [1.29, 1.82) is 0 Å². The van der Waals surface area contributed by atoms with Gasteiger partial charge in [-0.2, -0.15) is 0 Å². The maximum Gasteiger partial charge on any atom is 0.306 e. The average molecular weight is 242 g/mol. The predicted octanol–water partition coefficient (Wildman–Crippen LogP) is 4.87. The first kappa shape index (κ1) is 16.5. The summed E-state index contributed by atoms with van der Waals surface area (Å²) >= 11 is 0. The molecule has 0 saturated carbocycles. The number of rotatable bonds is 11. The fourth-order valence-electron chi connectivity index (χ4n) is 2.17. The van der Waals surface area contributed by atoms with Crippen LogP contribution in [-0.2, 0) is 4.79 Å². The summed E-state index contributed by atoms with van der Waals surface area (Å²) in [6, 6.07) is 0. The Morgan fingerprint density at radius 1 is 1.06 bits per heavy atom. The van der Waals surface area contributed by atoms with Gasteiger partial charge in [0.15, 0.2) is 0 Å². The van der Waals surface area contributed by atoms with Crippen LogP contribution in [0.2, 0.25) is 0 Å². The van der Waals surface area contributed by atoms with Gasteiger partial charge in [-0.15, -0.1) is 0 Å². The lowest BCUT2D eigenvalue weighted by Gasteiger charge is -2.16. The van der Waals surface area contributed by atoms with Crippen LogP contribution in [0.3, 0.4) is 0 Å². The van der Waals surface area contributed by atoms with Crippen LogP contribution >= 0.6 is 0 Å². The molecule has 2 atom stereocenters. The molecule has 0 aromatic carbocycles. The van der Waals surface area contributed by atoms with Crippen LogP contribution in [0, 0.1) is 11.8 Å². The number of carboxylic acids is 1. The van der Waals surface area contributed by atoms with E-state index in [0.29, 0.717) is 5.92 Å². The fourth-order valence-corrected chi connectivity index (χ4v) is 2.17. The lowest BCUT2D eigenvalue weighted by Crippen LogP contribution is -2.16. The van der Waals surface area contributed by atoms with Gasteiger partial charge in [-0.05, 0) is 18.8 Å². The molecule has 0 bridgehead atoms. The second kappa shape index (κ2) is 10.6. The number of unbranched alkanes of at least 4 members (excludes halogenated alkanes) is 5. The van der Waals surface area contributed by atoms with Crippen LogP contribution in [0.5, 0.6) is 0 Å². The van der Waals surface area contributed by atoms with E-state index in [1.54, 1.807) is 0 Å². The molecule has 17 heavy (non-hydrogen) atoms. The first-order valence-electron chi connectivity index (χ1n) is 7.34. The molecule has 2 heteroatoms. The van der Waals surface area contributed by atoms with Crippen LogP contribution in [0.15, 0.2) is 0 Å². The molecular weight excluding hydrogens is 212 g/mol. The van der Waals surface area contributed by atoms with Gasteiger partial charge in [0.1, 0.15) is 0 Å². The van der Waals surface area contributed by atoms with Crippen LogP contribution in [-0.4, -0.2) is 11.1 Å². The van der Waals surface area contributed by atoms with Crippen molar-refractivity contribution in [3.63, 3.8) is 0 Å². The molecule has 2 nitrogen and oxygen atoms in total. The van der Waals surface area contributed by atoms with Gasteiger partial charge in [0, 0.05) is 0 Å². The molecule has 0 aliphatic carbocycles. The first-order chi connectivity index (χ1) is 8.11. The highest BCUT2D eigenvalue weighted by molar-refractivity contribution is 5.69. The molecule has 2 unspecified atom stereocenters. The van der Waals surface area contributed by atoms with E-state index in [-0.39, 0.29) is 5.92 Å². The summed E-state index contributed by atoms with van der Waals surface area (Å²) in [5.74, 6) is -0.175. The van der Waals surface area contributed by atoms with Crippen molar-refractivity contribution in [3.05, 3.63) is 0 Å². The zero-order valence-corrected chi connectivity index (χ0v) is 11.9. The molecule has 0 saturated heterocycles. The van der Waals surface area contributed by atoms with E-state index < -0.39 is 5.97 Å². The highest BCUT2D eigenvalue weighted by Gasteiger charge is 2.18. The minimum atomic E-state index is -0.598. The number of hydrogen-bond donors (Lipinski definition) is 1. The van der Waals surface area contributed by atoms with Crippen LogP contribution in [0.4, 0.5) is 0 Å². The third-order valence-corrected chi connectivity index (χ3v) is 3.64. The number of carboxylic acid groups (broad SMARTS) is 1. The van der Waals surface area contributed by atoms with Crippen molar-refractivity contribution in [2.45, 2.75) is 78.6 Å². The lowest BCUT2D eigenvalue weighted by atomic mass is 9.90. The Kier molecular flexibility index (Phi) is 10.3. The molecular formula is C15H30O2. The van der Waals surface area contributed by atoms with E-state index >= 15 is 0 Å². The zero-order chi connectivity index (χ0) is 13.1. The minimum absolute atomic E-state index is 0.115. The highest BCUT2D eigenvalue weighted by atomic mass is 16.4. The Labute approximate surface area is 107 Å². The van der Waals surface area contributed by atoms with Crippen molar-refractivity contribution in [2.75, 3.05) is 0 Å². The van der Waals surface area contributed by atoms with Crippen LogP contribution in [0.1, 0.15) is 78.6 Å². The number of aliphatic carboxylic acids is 1. The largest absolute Gasteiger partial charge is 0.481 e. The third-order valence-electron chi connectivity index (χ3n) is 3.64. The molecule has 0 heterocycles. The Hall–Kier alpha value is -0.530. The summed E-state index contributed by atoms with van der Waals surface area (Å²) in [6.07, 6.45) is 10.2. The third kappa shape index (κ3) is 9.20. The molecule has 0 radical (unpaired) electrons. The molecule has 0 spiro atoms. The number of hydrogen-bond acceptors (Lipinski definition) is 1. The monoisotopic (exact) mass is 242 g/mol. The standard InChI is InChI=1S/C15H30O2/c1-4-6-7-8-9-10-11-14(15(16)17)12-13(3)5-2/h13-14H,4-12H2,1-3H3,(H,16,17). The molecule has 0 aliphatic heterocycles. The summed E-state index contributed by atoms with van der Waals surface area (Å²) < 4.78 is 0. The van der Waals surface area contributed by atoms with Gasteiger partial charge in [0.2, 0.25) is 0 Å². The van der Waals surface area contributed by atoms with Crippen LogP contribution < -0.4 is 0 Å². The van der Waals surface area contributed by atoms with Gasteiger partial charge in [-0.1, -0.05) is 65.7 Å². The maximum atomic E-state index is 11.1. The Morgan fingerprint density at radius 2 is 1.65 bits per heavy atom. The summed E-state index contributed by atoms with van der Waals surface area (Å²) in [6.45, 7) is 6.50. The van der Waals surface area contributed by atoms with E-state index in [1.165, 1.54) is 32.1 Å². The van der Waals surface area contributed by atoms with Gasteiger partial charge in [0.25, 0.3) is 0 Å². The van der Waals surface area contributed by atoms with Gasteiger partial charge in [-0.3, -0.25) is 4.79 Å². The second-order valence-corrected chi connectivity index (χ2v) is 5.34. The van der Waals surface area contributed by atoms with E-state index in [9.17, 15) is 4.79 Å². The quantitative estimate of drug-likeness (QED) is 0.525. The average Bonchev–Trinajstić information content (AvgIpc) is 2.31. The van der Waals surface area contributed by atoms with Crippen LogP contribution in [0.25, 0.3) is 0 Å². The molecule has 102 valence electrons. The molecule has 0 fully saturated rings. The summed E-state index contributed by atoms with van der Waals surface area (Å²) in [4.78, 5) is 11.1. The van der Waals surface area contributed by atoms with Gasteiger partial charge in [0.05, 0.1) is 5.92 Å². The normalized spacial score (nSPS) is 14.5. The molecule has 0 aromatic heterocycles. The predicted molar refractivity (Wildman–Crippen MR) is 73.2 cm³/mol. The summed E-state index contributed by atoms with van der Waals surface area (Å²) in [7, 11) is 0. The van der Waals surface area contributed by atoms with Gasteiger partial charge >= 0.3 is 5.97 Å². The van der Waals surface area contributed by atoms with Gasteiger partial charge in [-0.25, -0.2) is 0 Å². The highest BCUT2D eigenvalue weighted by Crippen LogP contribution is 2.21. The molecule has 0 aliphatic rings. The fraction of sp³-hybridized carbons (Fsp3) is 0.933. The summed E-state index contributed by atoms with van der Waals surface area (Å²) in [5, 5.41) is 9.16. The van der Waals surface area contributed by atoms with Crippen molar-refractivity contribution in [3.8, 4) is 0 Å². The van der Waals surface area contributed by atoms with Gasteiger partial charge < -0.3 is 5.11 Å². The minimum Gasteiger partial charge on any atom is -0.481 e. The molecule has 0 amide bonds. The van der Waals surface area contributed by atoms with Crippen molar-refractivity contribution >= 4 is 5.97 Å². The van der Waals surface area contributed by atoms with E-state index in [2.05, 4.69) is 20.8 Å². The maximum absolute atomic E-state index is 11.1. The van der Waals surface area contributed by atoms with Crippen molar-refractivity contribution < 1.29 is 9.90 Å². The zero-order valence-electron chi connectivity index (χ0n) is 11.9. The second-order valence-electron chi connectivity index (χ2n) is 5.34. The van der Waals surface area contributed by atoms with E-state index in [1.807, 2.05) is 0 Å². The smallest absolute Gasteiger partial charge is 0.306 e. The topological polar surface area (TPSA) is 37.3 Å². The molecule has 0 rings (SSSR count). The molecule has 0 aromatic rings. The SMILES string of the molecule is CCCCCCCCC(CC(C)CC)C(=O)O. The van der Waals surface area contributed by atoms with E-state index in [0.717, 1.165) is 25.7 Å². The van der Waals surface area contributed by atoms with E-state index in [4.69, 9.17) is 5.11 Å². The summed E-state index contributed by atoms with van der Waals surface area (Å²) in [5.41, 5.74) is 0. The first-order valence-corrected chi connectivity index (χ1v) is 7.34. The molecule has 1 N–H and O–H groups in total. The number of carbonyl (C=O) groups is 1. The Morgan fingerprint density at radius 3 is 2.18 bits per heavy atom. The van der Waals surface area contributed by atoms with Crippen molar-refractivity contribution in [2.24, 2.45) is 11.8 Å². The van der Waals surface area contributed by atoms with Crippen molar-refractivity contribution in [1.82, 2.24) is 0 Å². The Bertz CT molecular complexity index is 189. The lowest BCUT2D eigenvalue weighted by molar-refractivity contribution is -0.142. The Balaban J connectivity index is 3.67.